The van der Waals surface area contributed by atoms with Crippen molar-refractivity contribution in [2.45, 2.75) is 17.1 Å². The summed E-state index contributed by atoms with van der Waals surface area (Å²) in [5.74, 6) is 1.04. The molecule has 7 rings (SSSR count). The molecule has 2 bridgehead atoms. The largest absolute Gasteiger partial charge is 0.508 e. The molecule has 1 spiro atoms. The standard InChI is InChI=1S/C24H20O4/c1-26-13-23-14-7-3-5-9-16(14)24(17-10-6-4-8-15(17)23)21-19(28-22(24)27-2)12-11-18(25)20(21)23/h3-12,22,25H,13H2,1-2H3. The van der Waals surface area contributed by atoms with Crippen molar-refractivity contribution in [2.75, 3.05) is 20.8 Å². The molecular weight excluding hydrogens is 352 g/mol. The predicted molar refractivity (Wildman–Crippen MR) is 104 cm³/mol. The molecule has 1 atom stereocenters. The van der Waals surface area contributed by atoms with Crippen LogP contribution in [-0.2, 0) is 20.3 Å². The van der Waals surface area contributed by atoms with E-state index in [0.29, 0.717) is 6.61 Å². The van der Waals surface area contributed by atoms with E-state index in [9.17, 15) is 5.11 Å². The van der Waals surface area contributed by atoms with Crippen molar-refractivity contribution in [3.05, 3.63) is 94.0 Å². The van der Waals surface area contributed by atoms with E-state index < -0.39 is 17.1 Å². The Hall–Kier alpha value is -2.82. The van der Waals surface area contributed by atoms with E-state index in [1.54, 1.807) is 20.3 Å². The summed E-state index contributed by atoms with van der Waals surface area (Å²) in [4.78, 5) is 0. The average molecular weight is 372 g/mol. The van der Waals surface area contributed by atoms with Gasteiger partial charge in [0.05, 0.1) is 12.0 Å². The highest BCUT2D eigenvalue weighted by molar-refractivity contribution is 5.81. The van der Waals surface area contributed by atoms with Crippen LogP contribution >= 0.6 is 0 Å². The molecule has 1 heterocycles. The van der Waals surface area contributed by atoms with Crippen molar-refractivity contribution >= 4 is 0 Å². The van der Waals surface area contributed by atoms with E-state index in [1.165, 1.54) is 0 Å². The first-order chi connectivity index (χ1) is 13.7. The molecule has 3 aromatic rings. The van der Waals surface area contributed by atoms with Gasteiger partial charge in [0.1, 0.15) is 16.9 Å². The maximum Gasteiger partial charge on any atom is 0.217 e. The number of aromatic hydroxyl groups is 1. The van der Waals surface area contributed by atoms with E-state index in [4.69, 9.17) is 14.2 Å². The van der Waals surface area contributed by atoms with E-state index in [2.05, 4.69) is 36.4 Å². The van der Waals surface area contributed by atoms with Gasteiger partial charge in [-0.25, -0.2) is 0 Å². The second-order valence-corrected chi connectivity index (χ2v) is 7.76. The summed E-state index contributed by atoms with van der Waals surface area (Å²) in [6.07, 6.45) is -0.508. The van der Waals surface area contributed by atoms with Gasteiger partial charge in [0.2, 0.25) is 6.29 Å². The molecule has 3 aliphatic carbocycles. The molecule has 0 saturated heterocycles. The molecule has 4 aliphatic rings. The number of phenols is 1. The number of ether oxygens (including phenoxy) is 3. The van der Waals surface area contributed by atoms with Crippen molar-refractivity contribution in [1.82, 2.24) is 0 Å². The van der Waals surface area contributed by atoms with Crippen molar-refractivity contribution in [3.63, 3.8) is 0 Å². The number of benzene rings is 3. The lowest BCUT2D eigenvalue weighted by Gasteiger charge is -2.54. The Morgan fingerprint density at radius 3 is 2.04 bits per heavy atom. The zero-order valence-electron chi connectivity index (χ0n) is 15.7. The topological polar surface area (TPSA) is 47.9 Å². The van der Waals surface area contributed by atoms with Gasteiger partial charge in [-0.15, -0.1) is 0 Å². The van der Waals surface area contributed by atoms with Gasteiger partial charge < -0.3 is 19.3 Å². The lowest BCUT2D eigenvalue weighted by atomic mass is 9.47. The van der Waals surface area contributed by atoms with Crippen molar-refractivity contribution < 1.29 is 19.3 Å². The molecule has 3 aromatic carbocycles. The van der Waals surface area contributed by atoms with E-state index >= 15 is 0 Å². The first-order valence-corrected chi connectivity index (χ1v) is 9.46. The minimum Gasteiger partial charge on any atom is -0.508 e. The number of rotatable bonds is 3. The molecule has 1 unspecified atom stereocenters. The number of methoxy groups -OCH3 is 2. The highest BCUT2D eigenvalue weighted by atomic mass is 16.7. The van der Waals surface area contributed by atoms with Gasteiger partial charge in [-0.1, -0.05) is 48.5 Å². The van der Waals surface area contributed by atoms with Crippen LogP contribution in [0.5, 0.6) is 11.5 Å². The van der Waals surface area contributed by atoms with Crippen LogP contribution < -0.4 is 4.74 Å². The molecule has 4 heteroatoms. The summed E-state index contributed by atoms with van der Waals surface area (Å²) >= 11 is 0. The normalized spacial score (nSPS) is 27.7. The van der Waals surface area contributed by atoms with Crippen molar-refractivity contribution in [1.29, 1.82) is 0 Å². The van der Waals surface area contributed by atoms with Crippen LogP contribution in [0.4, 0.5) is 0 Å². The lowest BCUT2D eigenvalue weighted by Crippen LogP contribution is -2.56. The fourth-order valence-electron chi connectivity index (χ4n) is 5.97. The third-order valence-corrected chi connectivity index (χ3v) is 6.75. The minimum atomic E-state index is -0.610. The zero-order chi connectivity index (χ0) is 19.1. The molecule has 28 heavy (non-hydrogen) atoms. The molecular formula is C24H20O4. The first-order valence-electron chi connectivity index (χ1n) is 9.46. The van der Waals surface area contributed by atoms with Gasteiger partial charge in [0.25, 0.3) is 0 Å². The van der Waals surface area contributed by atoms with Crippen molar-refractivity contribution in [2.24, 2.45) is 0 Å². The third kappa shape index (κ3) is 1.47. The molecule has 4 nitrogen and oxygen atoms in total. The molecule has 0 radical (unpaired) electrons. The molecule has 0 saturated carbocycles. The lowest BCUT2D eigenvalue weighted by molar-refractivity contribution is -0.0691. The summed E-state index contributed by atoms with van der Waals surface area (Å²) in [6, 6.07) is 20.4. The van der Waals surface area contributed by atoms with Crippen LogP contribution in [0.25, 0.3) is 0 Å². The maximum atomic E-state index is 11.1. The summed E-state index contributed by atoms with van der Waals surface area (Å²) in [7, 11) is 3.40. The summed E-state index contributed by atoms with van der Waals surface area (Å²) in [6.45, 7) is 0.429. The van der Waals surface area contributed by atoms with Gasteiger partial charge >= 0.3 is 0 Å². The fourth-order valence-corrected chi connectivity index (χ4v) is 5.97. The van der Waals surface area contributed by atoms with Crippen LogP contribution in [0.2, 0.25) is 0 Å². The summed E-state index contributed by atoms with van der Waals surface area (Å²) < 4.78 is 18.0. The molecule has 0 aromatic heterocycles. The van der Waals surface area contributed by atoms with Gasteiger partial charge in [0.15, 0.2) is 0 Å². The Labute approximate surface area is 163 Å². The second-order valence-electron chi connectivity index (χ2n) is 7.76. The van der Waals surface area contributed by atoms with E-state index in [1.807, 2.05) is 18.2 Å². The maximum absolute atomic E-state index is 11.1. The quantitative estimate of drug-likeness (QED) is 0.762. The zero-order valence-corrected chi connectivity index (χ0v) is 15.7. The molecule has 140 valence electrons. The minimum absolute atomic E-state index is 0.268. The number of phenolic OH excluding ortho intramolecular Hbond substituents is 1. The SMILES string of the molecule is COCC12c3ccccc3C3(c4ccccc41)c1c(ccc(O)c12)OC3OC. The Morgan fingerprint density at radius 2 is 1.46 bits per heavy atom. The molecule has 0 amide bonds. The number of hydrogen-bond donors (Lipinski definition) is 1. The predicted octanol–water partition coefficient (Wildman–Crippen LogP) is 3.70. The van der Waals surface area contributed by atoms with Gasteiger partial charge in [0, 0.05) is 25.3 Å². The Bertz CT molecular complexity index is 1090. The summed E-state index contributed by atoms with van der Waals surface area (Å²) in [5.41, 5.74) is 5.29. The number of hydrogen-bond acceptors (Lipinski definition) is 4. The van der Waals surface area contributed by atoms with Gasteiger partial charge in [-0.05, 0) is 34.4 Å². The second kappa shape index (κ2) is 5.16. The van der Waals surface area contributed by atoms with E-state index in [0.717, 1.165) is 39.1 Å². The summed E-state index contributed by atoms with van der Waals surface area (Å²) in [5, 5.41) is 11.1. The first kappa shape index (κ1) is 16.2. The van der Waals surface area contributed by atoms with Crippen LogP contribution in [0, 0.1) is 0 Å². The van der Waals surface area contributed by atoms with Gasteiger partial charge in [-0.2, -0.15) is 0 Å². The molecule has 1 N–H and O–H groups in total. The van der Waals surface area contributed by atoms with Crippen LogP contribution in [-0.4, -0.2) is 32.2 Å². The Morgan fingerprint density at radius 1 is 0.857 bits per heavy atom. The monoisotopic (exact) mass is 372 g/mol. The third-order valence-electron chi connectivity index (χ3n) is 6.75. The molecule has 1 aliphatic heterocycles. The Balaban J connectivity index is 1.90. The van der Waals surface area contributed by atoms with Crippen LogP contribution in [0.3, 0.4) is 0 Å². The molecule has 0 fully saturated rings. The van der Waals surface area contributed by atoms with E-state index in [-0.39, 0.29) is 5.75 Å². The smallest absolute Gasteiger partial charge is 0.217 e. The highest BCUT2D eigenvalue weighted by Crippen LogP contribution is 2.69. The average Bonchev–Trinajstić information content (AvgIpc) is 3.08. The fraction of sp³-hybridized carbons (Fsp3) is 0.250. The van der Waals surface area contributed by atoms with Crippen molar-refractivity contribution in [3.8, 4) is 11.5 Å². The Kier molecular flexibility index (Phi) is 2.98. The van der Waals surface area contributed by atoms with Crippen LogP contribution in [0.1, 0.15) is 33.4 Å². The van der Waals surface area contributed by atoms with Gasteiger partial charge in [-0.3, -0.25) is 0 Å². The van der Waals surface area contributed by atoms with Crippen LogP contribution in [0.15, 0.2) is 60.7 Å². The highest BCUT2D eigenvalue weighted by Gasteiger charge is 2.67.